The second-order valence-electron chi connectivity index (χ2n) is 8.62. The van der Waals surface area contributed by atoms with E-state index in [1.165, 1.54) is 18.5 Å². The fourth-order valence-corrected chi connectivity index (χ4v) is 3.64. The molecule has 194 valence electrons. The van der Waals surface area contributed by atoms with Crippen LogP contribution in [0.2, 0.25) is 0 Å². The summed E-state index contributed by atoms with van der Waals surface area (Å²) in [4.78, 5) is 31.0. The Kier molecular flexibility index (Phi) is 9.49. The van der Waals surface area contributed by atoms with Crippen LogP contribution in [0, 0.1) is 17.8 Å². The van der Waals surface area contributed by atoms with E-state index >= 15 is 0 Å². The van der Waals surface area contributed by atoms with Gasteiger partial charge in [0.15, 0.2) is 0 Å². The van der Waals surface area contributed by atoms with Gasteiger partial charge in [0.05, 0.1) is 5.69 Å². The molecule has 1 saturated carbocycles. The fourth-order valence-electron chi connectivity index (χ4n) is 3.64. The lowest BCUT2D eigenvalue weighted by Gasteiger charge is -2.30. The van der Waals surface area contributed by atoms with Gasteiger partial charge >= 0.3 is 0 Å². The maximum Gasteiger partial charge on any atom is 0.247 e. The predicted octanol–water partition coefficient (Wildman–Crippen LogP) is 1.73. The van der Waals surface area contributed by atoms with E-state index < -0.39 is 11.5 Å². The Labute approximate surface area is 215 Å². The van der Waals surface area contributed by atoms with E-state index in [1.54, 1.807) is 31.1 Å². The SMILES string of the molecule is CNC1COc2ccc(C#CC3(O)CCC3)cc2N(C)C1=O.N/C=C(\C=NC=O)Cc1cccc(F)n1. The van der Waals surface area contributed by atoms with E-state index in [2.05, 4.69) is 27.1 Å². The maximum atomic E-state index is 12.7. The molecule has 10 heteroatoms. The first-order valence-electron chi connectivity index (χ1n) is 11.7. The molecule has 0 bridgehead atoms. The summed E-state index contributed by atoms with van der Waals surface area (Å²) in [5.41, 5.74) is 7.08. The molecule has 2 amide bonds. The molecule has 0 saturated heterocycles. The first-order chi connectivity index (χ1) is 17.8. The zero-order chi connectivity index (χ0) is 26.8. The molecule has 4 rings (SSSR count). The van der Waals surface area contributed by atoms with E-state index in [-0.39, 0.29) is 11.9 Å². The minimum Gasteiger partial charge on any atom is -0.489 e. The van der Waals surface area contributed by atoms with Crippen molar-refractivity contribution < 1.29 is 23.8 Å². The lowest BCUT2D eigenvalue weighted by Crippen LogP contribution is -2.45. The van der Waals surface area contributed by atoms with Crippen LogP contribution in [-0.4, -0.2) is 61.0 Å². The molecule has 1 aliphatic heterocycles. The number of ether oxygens (including phenoxy) is 1. The van der Waals surface area contributed by atoms with Crippen LogP contribution in [0.25, 0.3) is 0 Å². The number of allylic oxidation sites excluding steroid dienone is 1. The van der Waals surface area contributed by atoms with Crippen molar-refractivity contribution >= 4 is 24.2 Å². The molecule has 1 aromatic heterocycles. The number of aromatic nitrogens is 1. The number of fused-ring (bicyclic) bond motifs is 1. The van der Waals surface area contributed by atoms with Gasteiger partial charge in [0.2, 0.25) is 18.3 Å². The summed E-state index contributed by atoms with van der Waals surface area (Å²) in [5, 5.41) is 13.0. The monoisotopic (exact) mass is 507 g/mol. The number of aliphatic hydroxyl groups is 1. The van der Waals surface area contributed by atoms with Gasteiger partial charge < -0.3 is 25.8 Å². The summed E-state index contributed by atoms with van der Waals surface area (Å²) >= 11 is 0. The van der Waals surface area contributed by atoms with Crippen LogP contribution < -0.4 is 20.7 Å². The molecule has 9 nitrogen and oxygen atoms in total. The topological polar surface area (TPSA) is 130 Å². The third-order valence-electron chi connectivity index (χ3n) is 6.00. The van der Waals surface area contributed by atoms with Gasteiger partial charge in [-0.2, -0.15) is 4.39 Å². The third kappa shape index (κ3) is 7.46. The number of nitrogens with one attached hydrogen (secondary N) is 1. The van der Waals surface area contributed by atoms with Crippen molar-refractivity contribution in [1.82, 2.24) is 10.3 Å². The quantitative estimate of drug-likeness (QED) is 0.243. The summed E-state index contributed by atoms with van der Waals surface area (Å²) in [6.07, 6.45) is 5.85. The van der Waals surface area contributed by atoms with Crippen LogP contribution in [-0.2, 0) is 16.0 Å². The smallest absolute Gasteiger partial charge is 0.247 e. The number of halogens is 1. The molecule has 0 radical (unpaired) electrons. The molecule has 0 spiro atoms. The number of aliphatic imine (C=N–C) groups is 1. The number of hydrogen-bond acceptors (Lipinski definition) is 7. The number of likely N-dealkylation sites (N-methyl/N-ethyl adjacent to an activating group) is 2. The zero-order valence-electron chi connectivity index (χ0n) is 20.8. The number of nitrogens with zero attached hydrogens (tertiary/aromatic N) is 3. The fraction of sp³-hybridized carbons (Fsp3) is 0.333. The Hall–Kier alpha value is -4.07. The van der Waals surface area contributed by atoms with Crippen molar-refractivity contribution in [3.8, 4) is 17.6 Å². The number of amides is 2. The van der Waals surface area contributed by atoms with E-state index in [9.17, 15) is 19.1 Å². The van der Waals surface area contributed by atoms with E-state index in [0.29, 0.717) is 42.1 Å². The standard InChI is InChI=1S/C17H20N2O3.C10H10FN3O/c1-18-13-11-22-15-5-4-12(6-9-17(21)7-3-8-17)10-14(15)19(2)16(13)20;11-10-3-1-2-9(14-10)4-8(5-12)6-13-7-15/h4-5,10,13,18,21H,3,7-8,11H2,1-2H3;1-3,5-7H,4,12H2/b;8-5-,13-6?. The average molecular weight is 508 g/mol. The van der Waals surface area contributed by atoms with Crippen LogP contribution in [0.1, 0.15) is 30.5 Å². The second kappa shape index (κ2) is 12.8. The normalized spacial score (nSPS) is 18.3. The zero-order valence-corrected chi connectivity index (χ0v) is 20.8. The molecular weight excluding hydrogens is 477 g/mol. The van der Waals surface area contributed by atoms with Crippen LogP contribution in [0.15, 0.2) is 53.2 Å². The van der Waals surface area contributed by atoms with Crippen LogP contribution >= 0.6 is 0 Å². The van der Waals surface area contributed by atoms with Gasteiger partial charge in [-0.05, 0) is 68.4 Å². The van der Waals surface area contributed by atoms with Crippen molar-refractivity contribution in [1.29, 1.82) is 0 Å². The molecule has 1 unspecified atom stereocenters. The highest BCUT2D eigenvalue weighted by atomic mass is 19.1. The molecule has 1 atom stereocenters. The number of pyridine rings is 1. The van der Waals surface area contributed by atoms with Crippen molar-refractivity contribution in [2.75, 3.05) is 25.6 Å². The van der Waals surface area contributed by atoms with Crippen LogP contribution in [0.4, 0.5) is 10.1 Å². The summed E-state index contributed by atoms with van der Waals surface area (Å²) in [5.74, 6) is 6.02. The molecule has 4 N–H and O–H groups in total. The van der Waals surface area contributed by atoms with Gasteiger partial charge in [-0.15, -0.1) is 0 Å². The van der Waals surface area contributed by atoms with Crippen molar-refractivity contribution in [3.63, 3.8) is 0 Å². The minimum absolute atomic E-state index is 0.0380. The van der Waals surface area contributed by atoms with Gasteiger partial charge in [0.1, 0.15) is 24.0 Å². The van der Waals surface area contributed by atoms with Gasteiger partial charge in [-0.3, -0.25) is 9.59 Å². The van der Waals surface area contributed by atoms with Crippen LogP contribution in [0.5, 0.6) is 5.75 Å². The van der Waals surface area contributed by atoms with Crippen molar-refractivity contribution in [3.05, 3.63) is 65.4 Å². The Morgan fingerprint density at radius 1 is 1.41 bits per heavy atom. The Morgan fingerprint density at radius 3 is 2.81 bits per heavy atom. The Balaban J connectivity index is 0.000000222. The summed E-state index contributed by atoms with van der Waals surface area (Å²) in [6.45, 7) is 0.303. The molecule has 2 heterocycles. The van der Waals surface area contributed by atoms with Gasteiger partial charge in [-0.1, -0.05) is 17.9 Å². The second-order valence-corrected chi connectivity index (χ2v) is 8.62. The number of benzene rings is 1. The largest absolute Gasteiger partial charge is 0.489 e. The maximum absolute atomic E-state index is 12.7. The number of carbonyl (C=O) groups is 2. The number of nitrogens with two attached hydrogens (primary N) is 1. The number of hydrogen-bond donors (Lipinski definition) is 3. The number of anilines is 1. The summed E-state index contributed by atoms with van der Waals surface area (Å²) in [6, 6.07) is 9.64. The molecular formula is C27H30FN5O4. The molecule has 1 aliphatic carbocycles. The third-order valence-corrected chi connectivity index (χ3v) is 6.00. The first-order valence-corrected chi connectivity index (χ1v) is 11.7. The molecule has 2 aromatic rings. The van der Waals surface area contributed by atoms with Crippen molar-refractivity contribution in [2.24, 2.45) is 10.7 Å². The highest BCUT2D eigenvalue weighted by Crippen LogP contribution is 2.33. The van der Waals surface area contributed by atoms with Gasteiger partial charge in [-0.25, -0.2) is 9.98 Å². The lowest BCUT2D eigenvalue weighted by atomic mass is 9.81. The lowest BCUT2D eigenvalue weighted by molar-refractivity contribution is -0.120. The molecule has 37 heavy (non-hydrogen) atoms. The van der Waals surface area contributed by atoms with E-state index in [4.69, 9.17) is 10.5 Å². The van der Waals surface area contributed by atoms with Crippen LogP contribution in [0.3, 0.4) is 0 Å². The minimum atomic E-state index is -0.831. The Morgan fingerprint density at radius 2 is 2.19 bits per heavy atom. The van der Waals surface area contributed by atoms with Gasteiger partial charge in [0, 0.05) is 30.9 Å². The predicted molar refractivity (Wildman–Crippen MR) is 139 cm³/mol. The van der Waals surface area contributed by atoms with E-state index in [1.807, 2.05) is 18.2 Å². The number of rotatable bonds is 5. The first kappa shape index (κ1) is 27.5. The Bertz CT molecular complexity index is 1250. The highest BCUT2D eigenvalue weighted by molar-refractivity contribution is 5.99. The molecule has 1 aromatic carbocycles. The number of carbonyl (C=O) groups excluding carboxylic acids is 2. The van der Waals surface area contributed by atoms with Crippen molar-refractivity contribution in [2.45, 2.75) is 37.3 Å². The van der Waals surface area contributed by atoms with E-state index in [0.717, 1.165) is 24.8 Å². The highest BCUT2D eigenvalue weighted by Gasteiger charge is 2.32. The summed E-state index contributed by atoms with van der Waals surface area (Å²) < 4.78 is 18.4. The van der Waals surface area contributed by atoms with Gasteiger partial charge in [0.25, 0.3) is 0 Å². The molecule has 1 fully saturated rings. The summed E-state index contributed by atoms with van der Waals surface area (Å²) in [7, 11) is 3.48. The average Bonchev–Trinajstić information content (AvgIpc) is 3.00. The molecule has 2 aliphatic rings.